The molecular formula is C12H16O2. The second-order valence-electron chi connectivity index (χ2n) is 3.86. The zero-order valence-electron chi connectivity index (χ0n) is 8.83. The van der Waals surface area contributed by atoms with Crippen LogP contribution in [-0.2, 0) is 0 Å². The van der Waals surface area contributed by atoms with Crippen molar-refractivity contribution in [2.75, 3.05) is 0 Å². The molecule has 0 aliphatic heterocycles. The molecule has 2 nitrogen and oxygen atoms in total. The molecule has 2 heteroatoms. The summed E-state index contributed by atoms with van der Waals surface area (Å²) in [4.78, 5) is 0. The van der Waals surface area contributed by atoms with E-state index in [4.69, 9.17) is 0 Å². The van der Waals surface area contributed by atoms with E-state index < -0.39 is 0 Å². The summed E-state index contributed by atoms with van der Waals surface area (Å²) in [6, 6.07) is 3.16. The lowest BCUT2D eigenvalue weighted by Crippen LogP contribution is -1.91. The molecule has 0 atom stereocenters. The second kappa shape index (κ2) is 3.74. The third-order valence-electron chi connectivity index (χ3n) is 2.23. The Hall–Kier alpha value is -1.44. The van der Waals surface area contributed by atoms with Crippen molar-refractivity contribution in [2.45, 2.75) is 26.7 Å². The first kappa shape index (κ1) is 10.6. The number of hydrogen-bond acceptors (Lipinski definition) is 2. The Labute approximate surface area is 84.5 Å². The fraction of sp³-hybridized carbons (Fsp3) is 0.333. The monoisotopic (exact) mass is 192 g/mol. The van der Waals surface area contributed by atoms with Crippen LogP contribution in [0.15, 0.2) is 18.7 Å². The van der Waals surface area contributed by atoms with E-state index in [1.54, 1.807) is 6.07 Å². The van der Waals surface area contributed by atoms with E-state index in [-0.39, 0.29) is 17.4 Å². The topological polar surface area (TPSA) is 40.5 Å². The van der Waals surface area contributed by atoms with Crippen molar-refractivity contribution >= 4 is 5.57 Å². The minimum Gasteiger partial charge on any atom is -0.508 e. The van der Waals surface area contributed by atoms with E-state index in [1.165, 1.54) is 6.07 Å². The van der Waals surface area contributed by atoms with Gasteiger partial charge in [-0.3, -0.25) is 0 Å². The Bertz CT molecular complexity index is 365. The second-order valence-corrected chi connectivity index (χ2v) is 3.86. The van der Waals surface area contributed by atoms with Crippen LogP contribution in [0.4, 0.5) is 0 Å². The number of phenols is 2. The standard InChI is InChI=1S/C12H16O2/c1-7(2)9-5-10(8(3)4)12(14)6-11(9)13/h5-6,8,13-14H,1H2,2-4H3. The number of rotatable bonds is 2. The highest BCUT2D eigenvalue weighted by Gasteiger charge is 2.11. The fourth-order valence-corrected chi connectivity index (χ4v) is 1.40. The maximum Gasteiger partial charge on any atom is 0.126 e. The molecule has 0 radical (unpaired) electrons. The lowest BCUT2D eigenvalue weighted by molar-refractivity contribution is 0.443. The molecule has 0 saturated heterocycles. The zero-order chi connectivity index (χ0) is 10.9. The van der Waals surface area contributed by atoms with Crippen molar-refractivity contribution < 1.29 is 10.2 Å². The van der Waals surface area contributed by atoms with E-state index in [9.17, 15) is 10.2 Å². The lowest BCUT2D eigenvalue weighted by atomic mass is 9.96. The van der Waals surface area contributed by atoms with E-state index in [0.717, 1.165) is 11.1 Å². The third kappa shape index (κ3) is 1.90. The van der Waals surface area contributed by atoms with Crippen molar-refractivity contribution in [1.82, 2.24) is 0 Å². The van der Waals surface area contributed by atoms with Gasteiger partial charge in [0.1, 0.15) is 11.5 Å². The van der Waals surface area contributed by atoms with Gasteiger partial charge < -0.3 is 10.2 Å². The van der Waals surface area contributed by atoms with Crippen molar-refractivity contribution in [2.24, 2.45) is 0 Å². The largest absolute Gasteiger partial charge is 0.508 e. The third-order valence-corrected chi connectivity index (χ3v) is 2.23. The molecule has 76 valence electrons. The van der Waals surface area contributed by atoms with Crippen LogP contribution >= 0.6 is 0 Å². The summed E-state index contributed by atoms with van der Waals surface area (Å²) in [5, 5.41) is 19.1. The molecule has 2 N–H and O–H groups in total. The van der Waals surface area contributed by atoms with Crippen molar-refractivity contribution in [1.29, 1.82) is 0 Å². The van der Waals surface area contributed by atoms with E-state index in [2.05, 4.69) is 6.58 Å². The van der Waals surface area contributed by atoms with Gasteiger partial charge in [-0.1, -0.05) is 20.4 Å². The van der Waals surface area contributed by atoms with Gasteiger partial charge in [0.25, 0.3) is 0 Å². The molecule has 0 heterocycles. The predicted molar refractivity (Wildman–Crippen MR) is 58.6 cm³/mol. The summed E-state index contributed by atoms with van der Waals surface area (Å²) in [5.74, 6) is 0.454. The van der Waals surface area contributed by atoms with Crippen molar-refractivity contribution in [3.8, 4) is 11.5 Å². The van der Waals surface area contributed by atoms with Gasteiger partial charge in [-0.2, -0.15) is 0 Å². The molecular weight excluding hydrogens is 176 g/mol. The molecule has 1 rings (SSSR count). The lowest BCUT2D eigenvalue weighted by Gasteiger charge is -2.12. The molecule has 0 spiro atoms. The number of benzene rings is 1. The summed E-state index contributed by atoms with van der Waals surface area (Å²) in [5.41, 5.74) is 2.33. The van der Waals surface area contributed by atoms with Gasteiger partial charge in [0.05, 0.1) is 0 Å². The summed E-state index contributed by atoms with van der Waals surface area (Å²) >= 11 is 0. The summed E-state index contributed by atoms with van der Waals surface area (Å²) in [6.07, 6.45) is 0. The molecule has 0 unspecified atom stereocenters. The quantitative estimate of drug-likeness (QED) is 0.755. The summed E-state index contributed by atoms with van der Waals surface area (Å²) in [6.45, 7) is 9.59. The smallest absolute Gasteiger partial charge is 0.126 e. The first-order chi connectivity index (χ1) is 6.43. The van der Waals surface area contributed by atoms with Crippen LogP contribution in [0.25, 0.3) is 5.57 Å². The van der Waals surface area contributed by atoms with E-state index >= 15 is 0 Å². The first-order valence-corrected chi connectivity index (χ1v) is 4.65. The first-order valence-electron chi connectivity index (χ1n) is 4.65. The Kier molecular flexibility index (Phi) is 2.84. The number of aromatic hydroxyl groups is 2. The van der Waals surface area contributed by atoms with Crippen LogP contribution in [0.2, 0.25) is 0 Å². The summed E-state index contributed by atoms with van der Waals surface area (Å²) in [7, 11) is 0. The molecule has 0 aliphatic carbocycles. The number of phenolic OH excluding ortho intramolecular Hbond substituents is 2. The van der Waals surface area contributed by atoms with Crippen molar-refractivity contribution in [3.05, 3.63) is 29.8 Å². The molecule has 0 amide bonds. The van der Waals surface area contributed by atoms with Gasteiger partial charge >= 0.3 is 0 Å². The van der Waals surface area contributed by atoms with Crippen LogP contribution in [-0.4, -0.2) is 10.2 Å². The highest BCUT2D eigenvalue weighted by atomic mass is 16.3. The molecule has 0 fully saturated rings. The Morgan fingerprint density at radius 3 is 2.21 bits per heavy atom. The maximum absolute atomic E-state index is 9.58. The van der Waals surface area contributed by atoms with Crippen LogP contribution in [0.1, 0.15) is 37.8 Å². The van der Waals surface area contributed by atoms with Crippen molar-refractivity contribution in [3.63, 3.8) is 0 Å². The van der Waals surface area contributed by atoms with E-state index in [0.29, 0.717) is 5.56 Å². The fourth-order valence-electron chi connectivity index (χ4n) is 1.40. The van der Waals surface area contributed by atoms with Gasteiger partial charge in [0.2, 0.25) is 0 Å². The van der Waals surface area contributed by atoms with Crippen LogP contribution in [0.5, 0.6) is 11.5 Å². The zero-order valence-corrected chi connectivity index (χ0v) is 8.83. The maximum atomic E-state index is 9.58. The van der Waals surface area contributed by atoms with Crippen LogP contribution < -0.4 is 0 Å². The number of hydrogen-bond donors (Lipinski definition) is 2. The predicted octanol–water partition coefficient (Wildman–Crippen LogP) is 3.25. The normalized spacial score (nSPS) is 10.6. The van der Waals surface area contributed by atoms with Gasteiger partial charge in [-0.25, -0.2) is 0 Å². The van der Waals surface area contributed by atoms with Gasteiger partial charge in [-0.05, 0) is 30.0 Å². The Morgan fingerprint density at radius 1 is 1.21 bits per heavy atom. The van der Waals surface area contributed by atoms with Crippen LogP contribution in [0.3, 0.4) is 0 Å². The van der Waals surface area contributed by atoms with Gasteiger partial charge in [0, 0.05) is 11.6 Å². The molecule has 0 aliphatic rings. The highest BCUT2D eigenvalue weighted by Crippen LogP contribution is 2.34. The minimum atomic E-state index is 0.0828. The summed E-state index contributed by atoms with van der Waals surface area (Å²) < 4.78 is 0. The van der Waals surface area contributed by atoms with E-state index in [1.807, 2.05) is 20.8 Å². The van der Waals surface area contributed by atoms with Crippen LogP contribution in [0, 0.1) is 0 Å². The van der Waals surface area contributed by atoms with Gasteiger partial charge in [0.15, 0.2) is 0 Å². The Balaban J connectivity index is 3.34. The molecule has 0 bridgehead atoms. The average Bonchev–Trinajstić information content (AvgIpc) is 2.02. The average molecular weight is 192 g/mol. The molecule has 14 heavy (non-hydrogen) atoms. The SMILES string of the molecule is C=C(C)c1cc(C(C)C)c(O)cc1O. The minimum absolute atomic E-state index is 0.0828. The number of allylic oxidation sites excluding steroid dienone is 1. The molecule has 0 aromatic heterocycles. The molecule has 1 aromatic rings. The molecule has 1 aromatic carbocycles. The highest BCUT2D eigenvalue weighted by molar-refractivity contribution is 5.69. The Morgan fingerprint density at radius 2 is 1.79 bits per heavy atom. The molecule has 0 saturated carbocycles. The van der Waals surface area contributed by atoms with Gasteiger partial charge in [-0.15, -0.1) is 0 Å².